The second-order valence-electron chi connectivity index (χ2n) is 7.05. The minimum atomic E-state index is -0.293. The zero-order valence-corrected chi connectivity index (χ0v) is 19.1. The first-order valence-corrected chi connectivity index (χ1v) is 12.1. The molecule has 0 spiro atoms. The quantitative estimate of drug-likeness (QED) is 0.612. The Morgan fingerprint density at radius 3 is 3.16 bits per heavy atom. The van der Waals surface area contributed by atoms with Crippen molar-refractivity contribution in [1.82, 2.24) is 4.90 Å². The number of nitrogens with zero attached hydrogens (tertiary/aromatic N) is 5. The summed E-state index contributed by atoms with van der Waals surface area (Å²) in [7, 11) is 0. The average Bonchev–Trinajstić information content (AvgIpc) is 2.87. The van der Waals surface area contributed by atoms with Crippen LogP contribution in [0.15, 0.2) is 54.3 Å². The number of aliphatic imine (C=N–C) groups is 4. The van der Waals surface area contributed by atoms with E-state index in [9.17, 15) is 9.90 Å². The zero-order valence-electron chi connectivity index (χ0n) is 17.5. The van der Waals surface area contributed by atoms with Crippen molar-refractivity contribution in [2.24, 2.45) is 20.0 Å². The van der Waals surface area contributed by atoms with Crippen LogP contribution in [-0.2, 0) is 9.53 Å². The fraction of sp³-hybridized carbons (Fsp3) is 0.476. The van der Waals surface area contributed by atoms with Crippen LogP contribution in [0.2, 0.25) is 0 Å². The summed E-state index contributed by atoms with van der Waals surface area (Å²) in [4.78, 5) is 31.9. The second-order valence-corrected chi connectivity index (χ2v) is 9.21. The molecule has 166 valence electrons. The van der Waals surface area contributed by atoms with Crippen LogP contribution in [0.25, 0.3) is 0 Å². The van der Waals surface area contributed by atoms with Crippen molar-refractivity contribution >= 4 is 54.1 Å². The van der Waals surface area contributed by atoms with Gasteiger partial charge in [0, 0.05) is 36.8 Å². The summed E-state index contributed by atoms with van der Waals surface area (Å²) < 4.78 is 5.80. The summed E-state index contributed by atoms with van der Waals surface area (Å²) in [5, 5.41) is 13.7. The van der Waals surface area contributed by atoms with Gasteiger partial charge in [-0.2, -0.15) is 4.99 Å². The second kappa shape index (κ2) is 12.0. The number of allylic oxidation sites excluding steroid dienone is 1. The van der Waals surface area contributed by atoms with Crippen molar-refractivity contribution in [1.29, 1.82) is 0 Å². The van der Waals surface area contributed by atoms with Gasteiger partial charge in [-0.25, -0.2) is 0 Å². The number of carbonyl (C=O) groups is 1. The van der Waals surface area contributed by atoms with E-state index in [2.05, 4.69) is 26.7 Å². The number of ether oxygens (including phenoxy) is 1. The van der Waals surface area contributed by atoms with Gasteiger partial charge in [0.25, 0.3) is 5.91 Å². The molecule has 0 aromatic rings. The number of hydrogen-bond acceptors (Lipinski definition) is 8. The molecule has 0 aliphatic carbocycles. The largest absolute Gasteiger partial charge is 0.496 e. The van der Waals surface area contributed by atoms with Crippen LogP contribution >= 0.6 is 23.5 Å². The molecule has 3 heterocycles. The van der Waals surface area contributed by atoms with Gasteiger partial charge >= 0.3 is 0 Å². The van der Waals surface area contributed by atoms with Gasteiger partial charge in [-0.05, 0) is 37.3 Å². The highest BCUT2D eigenvalue weighted by molar-refractivity contribution is 8.03. The van der Waals surface area contributed by atoms with Gasteiger partial charge in [-0.15, -0.1) is 23.5 Å². The molecule has 10 heteroatoms. The minimum Gasteiger partial charge on any atom is -0.496 e. The average molecular weight is 462 g/mol. The summed E-state index contributed by atoms with van der Waals surface area (Å²) >= 11 is 2.94. The third kappa shape index (κ3) is 6.91. The number of amidine groups is 1. The van der Waals surface area contributed by atoms with E-state index in [-0.39, 0.29) is 29.7 Å². The van der Waals surface area contributed by atoms with Gasteiger partial charge in [0.2, 0.25) is 5.90 Å². The maximum absolute atomic E-state index is 13.3. The number of aliphatic hydroxyl groups is 1. The number of morpholine rings is 1. The first-order chi connectivity index (χ1) is 15.1. The fourth-order valence-electron chi connectivity index (χ4n) is 3.05. The van der Waals surface area contributed by atoms with Crippen LogP contribution in [0.5, 0.6) is 0 Å². The van der Waals surface area contributed by atoms with E-state index in [1.165, 1.54) is 11.8 Å². The maximum Gasteiger partial charge on any atom is 0.252 e. The van der Waals surface area contributed by atoms with E-state index in [4.69, 9.17) is 4.74 Å². The third-order valence-electron chi connectivity index (χ3n) is 4.74. The Bertz CT molecular complexity index is 863. The van der Waals surface area contributed by atoms with Crippen LogP contribution in [0.1, 0.15) is 19.8 Å². The molecule has 3 aliphatic rings. The van der Waals surface area contributed by atoms with Crippen LogP contribution in [0, 0.1) is 0 Å². The maximum atomic E-state index is 13.3. The van der Waals surface area contributed by atoms with Gasteiger partial charge in [-0.3, -0.25) is 19.8 Å². The van der Waals surface area contributed by atoms with Crippen molar-refractivity contribution in [2.45, 2.75) is 31.1 Å². The van der Waals surface area contributed by atoms with Gasteiger partial charge < -0.3 is 14.7 Å². The monoisotopic (exact) mass is 461 g/mol. The van der Waals surface area contributed by atoms with E-state index in [0.29, 0.717) is 36.8 Å². The molecule has 1 saturated heterocycles. The molecule has 0 bridgehead atoms. The molecular weight excluding hydrogens is 434 g/mol. The van der Waals surface area contributed by atoms with E-state index in [1.807, 2.05) is 29.5 Å². The molecular formula is C21H27N5O3S2. The van der Waals surface area contributed by atoms with E-state index in [1.54, 1.807) is 23.4 Å². The Kier molecular flexibility index (Phi) is 9.11. The van der Waals surface area contributed by atoms with E-state index >= 15 is 0 Å². The molecule has 1 N–H and O–H groups in total. The molecule has 0 aromatic carbocycles. The standard InChI is InChI=1S/C21H27N5O3S2/c1-15-20(27)25-19(18-5-3-4-6-23-18)24-11-16(13-31-15)21(28)26-8-9-29-17(12-26)14-30-10-7-22-2/h5-7,10,13,15,17H,2-4,8-9,11-12,14H2,1H3,(H,24,25,27)/b10-7-,16-13+/t15-,17-/m0/s1. The zero-order chi connectivity index (χ0) is 22.1. The number of hydrogen-bond donors (Lipinski definition) is 1. The highest BCUT2D eigenvalue weighted by Gasteiger charge is 2.27. The summed E-state index contributed by atoms with van der Waals surface area (Å²) in [5.41, 5.74) is 1.21. The molecule has 0 saturated carbocycles. The summed E-state index contributed by atoms with van der Waals surface area (Å²) in [5.74, 6) is 1.00. The Labute approximate surface area is 191 Å². The number of rotatable bonds is 6. The smallest absolute Gasteiger partial charge is 0.252 e. The fourth-order valence-corrected chi connectivity index (χ4v) is 4.47. The molecule has 0 radical (unpaired) electrons. The lowest BCUT2D eigenvalue weighted by Gasteiger charge is -2.33. The van der Waals surface area contributed by atoms with Crippen molar-refractivity contribution in [3.05, 3.63) is 34.4 Å². The molecule has 0 aromatic heterocycles. The molecule has 3 aliphatic heterocycles. The normalized spacial score (nSPS) is 30.0. The summed E-state index contributed by atoms with van der Waals surface area (Å²) in [6.45, 7) is 6.99. The van der Waals surface area contributed by atoms with E-state index in [0.717, 1.165) is 18.6 Å². The number of thioether (sulfide) groups is 2. The van der Waals surface area contributed by atoms with Crippen LogP contribution in [0.3, 0.4) is 0 Å². The Morgan fingerprint density at radius 2 is 2.39 bits per heavy atom. The van der Waals surface area contributed by atoms with Gasteiger partial charge in [-0.1, -0.05) is 6.08 Å². The summed E-state index contributed by atoms with van der Waals surface area (Å²) in [6.07, 6.45) is 7.09. The molecule has 2 atom stereocenters. The SMILES string of the molecule is C=N/C=C\SC[C@@H]1CN(C(=O)/C2=C/S[C@@H](C)/C(O)=N\C(C3=CCCC=N3)=N/C2)CCO1. The molecule has 0 unspecified atom stereocenters. The van der Waals surface area contributed by atoms with Crippen LogP contribution < -0.4 is 0 Å². The number of amides is 1. The molecule has 3 rings (SSSR count). The lowest BCUT2D eigenvalue weighted by atomic mass is 10.2. The van der Waals surface area contributed by atoms with Crippen molar-refractivity contribution in [2.75, 3.05) is 32.0 Å². The van der Waals surface area contributed by atoms with Gasteiger partial charge in [0.1, 0.15) is 5.70 Å². The molecule has 1 fully saturated rings. The van der Waals surface area contributed by atoms with Crippen molar-refractivity contribution in [3.63, 3.8) is 0 Å². The minimum absolute atomic E-state index is 0.0269. The van der Waals surface area contributed by atoms with Crippen molar-refractivity contribution in [3.8, 4) is 0 Å². The van der Waals surface area contributed by atoms with E-state index < -0.39 is 0 Å². The van der Waals surface area contributed by atoms with Crippen molar-refractivity contribution < 1.29 is 14.6 Å². The van der Waals surface area contributed by atoms with Crippen LogP contribution in [0.4, 0.5) is 0 Å². The predicted octanol–water partition coefficient (Wildman–Crippen LogP) is 3.24. The number of carbonyl (C=O) groups excluding carboxylic acids is 1. The third-order valence-corrected chi connectivity index (χ3v) is 6.65. The molecule has 31 heavy (non-hydrogen) atoms. The lowest BCUT2D eigenvalue weighted by Crippen LogP contribution is -2.47. The predicted molar refractivity (Wildman–Crippen MR) is 131 cm³/mol. The first kappa shape index (κ1) is 23.5. The molecule has 8 nitrogen and oxygen atoms in total. The highest BCUT2D eigenvalue weighted by atomic mass is 32.2. The Morgan fingerprint density at radius 1 is 1.52 bits per heavy atom. The van der Waals surface area contributed by atoms with Gasteiger partial charge in [0.15, 0.2) is 5.84 Å². The summed E-state index contributed by atoms with van der Waals surface area (Å²) in [6, 6.07) is 0. The first-order valence-electron chi connectivity index (χ1n) is 10.1. The highest BCUT2D eigenvalue weighted by Crippen LogP contribution is 2.22. The van der Waals surface area contributed by atoms with Crippen LogP contribution in [-0.4, -0.2) is 83.9 Å². The molecule has 1 amide bonds. The topological polar surface area (TPSA) is 99.2 Å². The lowest BCUT2D eigenvalue weighted by molar-refractivity contribution is -0.133. The Balaban J connectivity index is 1.72. The van der Waals surface area contributed by atoms with Gasteiger partial charge in [0.05, 0.1) is 24.5 Å². The number of aliphatic hydroxyl groups excluding tert-OH is 1. The Hall–Kier alpha value is -2.17.